The molecule has 0 atom stereocenters. The molecule has 3 aromatic rings. The molecule has 27 heavy (non-hydrogen) atoms. The van der Waals surface area contributed by atoms with Crippen LogP contribution in [0.2, 0.25) is 15.1 Å². The molecule has 1 N–H and O–H groups in total. The van der Waals surface area contributed by atoms with Crippen LogP contribution in [0.5, 0.6) is 5.75 Å². The summed E-state index contributed by atoms with van der Waals surface area (Å²) in [6, 6.07) is 20.1. The Hall–Kier alpha value is -2.20. The topological polar surface area (TPSA) is 38.3 Å². The zero-order chi connectivity index (χ0) is 19.2. The highest BCUT2D eigenvalue weighted by molar-refractivity contribution is 6.43. The maximum atomic E-state index is 12.5. The second-order valence-corrected chi connectivity index (χ2v) is 6.97. The van der Waals surface area contributed by atoms with Crippen LogP contribution in [0.25, 0.3) is 0 Å². The molecule has 0 radical (unpaired) electrons. The smallest absolute Gasteiger partial charge is 0.253 e. The molecule has 0 saturated heterocycles. The molecule has 0 unspecified atom stereocenters. The lowest BCUT2D eigenvalue weighted by Crippen LogP contribution is -2.23. The fourth-order valence-corrected chi connectivity index (χ4v) is 3.14. The minimum atomic E-state index is -0.337. The first kappa shape index (κ1) is 19.6. The van der Waals surface area contributed by atoms with Crippen molar-refractivity contribution in [3.8, 4) is 5.75 Å². The lowest BCUT2D eigenvalue weighted by Gasteiger charge is -2.14. The highest BCUT2D eigenvalue weighted by atomic mass is 35.5. The van der Waals surface area contributed by atoms with Gasteiger partial charge in [-0.1, -0.05) is 77.3 Å². The molecule has 0 saturated carbocycles. The zero-order valence-corrected chi connectivity index (χ0v) is 16.5. The van der Waals surface area contributed by atoms with E-state index >= 15 is 0 Å². The van der Waals surface area contributed by atoms with E-state index < -0.39 is 0 Å². The van der Waals surface area contributed by atoms with Crippen molar-refractivity contribution < 1.29 is 9.53 Å². The maximum absolute atomic E-state index is 12.5. The average molecular weight is 421 g/mol. The molecule has 0 aliphatic heterocycles. The monoisotopic (exact) mass is 419 g/mol. The fourth-order valence-electron chi connectivity index (χ4n) is 2.52. The fraction of sp³-hybridized carbons (Fsp3) is 0.0952. The summed E-state index contributed by atoms with van der Waals surface area (Å²) in [7, 11) is 0. The zero-order valence-electron chi connectivity index (χ0n) is 14.2. The van der Waals surface area contributed by atoms with E-state index in [1.807, 2.05) is 42.5 Å². The van der Waals surface area contributed by atoms with Gasteiger partial charge in [0.1, 0.15) is 12.4 Å². The molecule has 0 heterocycles. The van der Waals surface area contributed by atoms with Crippen molar-refractivity contribution in [2.45, 2.75) is 13.2 Å². The van der Waals surface area contributed by atoms with Crippen molar-refractivity contribution in [2.75, 3.05) is 0 Å². The van der Waals surface area contributed by atoms with Crippen LogP contribution in [-0.4, -0.2) is 5.91 Å². The van der Waals surface area contributed by atoms with Crippen LogP contribution in [-0.2, 0) is 13.2 Å². The number of rotatable bonds is 6. The van der Waals surface area contributed by atoms with E-state index in [2.05, 4.69) is 5.32 Å². The first-order valence-electron chi connectivity index (χ1n) is 8.22. The summed E-state index contributed by atoms with van der Waals surface area (Å²) in [4.78, 5) is 12.5. The third kappa shape index (κ3) is 4.95. The minimum Gasteiger partial charge on any atom is -0.488 e. The van der Waals surface area contributed by atoms with Crippen molar-refractivity contribution in [1.82, 2.24) is 5.32 Å². The van der Waals surface area contributed by atoms with E-state index in [1.165, 1.54) is 0 Å². The molecule has 6 heteroatoms. The molecular weight excluding hydrogens is 405 g/mol. The van der Waals surface area contributed by atoms with Crippen molar-refractivity contribution in [3.05, 3.63) is 98.5 Å². The van der Waals surface area contributed by atoms with Crippen molar-refractivity contribution >= 4 is 40.7 Å². The molecule has 3 aromatic carbocycles. The Bertz CT molecular complexity index is 945. The van der Waals surface area contributed by atoms with Crippen LogP contribution >= 0.6 is 34.8 Å². The highest BCUT2D eigenvalue weighted by Crippen LogP contribution is 2.28. The Morgan fingerprint density at radius 2 is 1.56 bits per heavy atom. The number of carbonyl (C=O) groups excluding carboxylic acids is 1. The molecule has 0 aliphatic carbocycles. The summed E-state index contributed by atoms with van der Waals surface area (Å²) in [5.41, 5.74) is 2.04. The van der Waals surface area contributed by atoms with Gasteiger partial charge in [0.2, 0.25) is 0 Å². The van der Waals surface area contributed by atoms with E-state index in [1.54, 1.807) is 24.3 Å². The number of hydrogen-bond donors (Lipinski definition) is 1. The van der Waals surface area contributed by atoms with E-state index in [0.717, 1.165) is 5.56 Å². The van der Waals surface area contributed by atoms with E-state index in [0.29, 0.717) is 33.5 Å². The van der Waals surface area contributed by atoms with Gasteiger partial charge >= 0.3 is 0 Å². The van der Waals surface area contributed by atoms with E-state index in [4.69, 9.17) is 39.5 Å². The predicted octanol–water partition coefficient (Wildman–Crippen LogP) is 6.16. The summed E-state index contributed by atoms with van der Waals surface area (Å²) < 4.78 is 5.90. The molecule has 0 aromatic heterocycles. The molecule has 0 fully saturated rings. The van der Waals surface area contributed by atoms with Crippen LogP contribution in [0.3, 0.4) is 0 Å². The molecule has 138 valence electrons. The predicted molar refractivity (Wildman–Crippen MR) is 110 cm³/mol. The summed E-state index contributed by atoms with van der Waals surface area (Å²) in [6.45, 7) is 0.605. The Labute approximate surface area is 172 Å². The first-order chi connectivity index (χ1) is 13.1. The standard InChI is InChI=1S/C21H16Cl3NO2/c22-17-9-5-11-19(27-13-14-6-2-1-3-7-14)16(17)12-25-21(26)15-8-4-10-18(23)20(15)24/h1-11H,12-13H2,(H,25,26). The molecule has 1 amide bonds. The van der Waals surface area contributed by atoms with Gasteiger partial charge in [0.25, 0.3) is 5.91 Å². The van der Waals surface area contributed by atoms with Crippen LogP contribution < -0.4 is 10.1 Å². The quantitative estimate of drug-likeness (QED) is 0.519. The van der Waals surface area contributed by atoms with Crippen LogP contribution in [0.15, 0.2) is 66.7 Å². The summed E-state index contributed by atoms with van der Waals surface area (Å²) in [5.74, 6) is 0.278. The normalized spacial score (nSPS) is 10.5. The van der Waals surface area contributed by atoms with Gasteiger partial charge < -0.3 is 10.1 Å². The average Bonchev–Trinajstić information content (AvgIpc) is 2.68. The van der Waals surface area contributed by atoms with Crippen molar-refractivity contribution in [3.63, 3.8) is 0 Å². The lowest BCUT2D eigenvalue weighted by molar-refractivity contribution is 0.0950. The van der Waals surface area contributed by atoms with Gasteiger partial charge in [0.15, 0.2) is 0 Å². The Morgan fingerprint density at radius 1 is 0.852 bits per heavy atom. The van der Waals surface area contributed by atoms with Crippen molar-refractivity contribution in [1.29, 1.82) is 0 Å². The Kier molecular flexibility index (Phi) is 6.62. The number of ether oxygens (including phenoxy) is 1. The highest BCUT2D eigenvalue weighted by Gasteiger charge is 2.15. The lowest BCUT2D eigenvalue weighted by atomic mass is 10.1. The molecular formula is C21H16Cl3NO2. The van der Waals surface area contributed by atoms with Crippen LogP contribution in [0.1, 0.15) is 21.5 Å². The molecule has 0 bridgehead atoms. The third-order valence-corrected chi connectivity index (χ3v) is 5.11. The third-order valence-electron chi connectivity index (χ3n) is 3.93. The SMILES string of the molecule is O=C(NCc1c(Cl)cccc1OCc1ccccc1)c1cccc(Cl)c1Cl. The van der Waals surface area contributed by atoms with Gasteiger partial charge in [-0.2, -0.15) is 0 Å². The van der Waals surface area contributed by atoms with Crippen LogP contribution in [0.4, 0.5) is 0 Å². The molecule has 3 nitrogen and oxygen atoms in total. The van der Waals surface area contributed by atoms with Crippen LogP contribution in [0, 0.1) is 0 Å². The van der Waals surface area contributed by atoms with Gasteiger partial charge in [-0.05, 0) is 29.8 Å². The summed E-state index contributed by atoms with van der Waals surface area (Å²) >= 11 is 18.4. The second kappa shape index (κ2) is 9.14. The Morgan fingerprint density at radius 3 is 2.33 bits per heavy atom. The number of nitrogens with one attached hydrogen (secondary N) is 1. The van der Waals surface area contributed by atoms with Gasteiger partial charge in [-0.3, -0.25) is 4.79 Å². The minimum absolute atomic E-state index is 0.200. The number of amides is 1. The van der Waals surface area contributed by atoms with Gasteiger partial charge in [-0.25, -0.2) is 0 Å². The second-order valence-electron chi connectivity index (χ2n) is 5.77. The maximum Gasteiger partial charge on any atom is 0.253 e. The molecule has 0 spiro atoms. The first-order valence-corrected chi connectivity index (χ1v) is 9.36. The Balaban J connectivity index is 1.72. The van der Waals surface area contributed by atoms with Gasteiger partial charge in [-0.15, -0.1) is 0 Å². The summed E-state index contributed by atoms with van der Waals surface area (Å²) in [5, 5.41) is 3.87. The van der Waals surface area contributed by atoms with Crippen molar-refractivity contribution in [2.24, 2.45) is 0 Å². The van der Waals surface area contributed by atoms with Gasteiger partial charge in [0, 0.05) is 17.1 Å². The largest absolute Gasteiger partial charge is 0.488 e. The molecule has 0 aliphatic rings. The summed E-state index contributed by atoms with van der Waals surface area (Å²) in [6.07, 6.45) is 0. The number of hydrogen-bond acceptors (Lipinski definition) is 2. The number of benzene rings is 3. The van der Waals surface area contributed by atoms with Gasteiger partial charge in [0.05, 0.1) is 15.6 Å². The number of carbonyl (C=O) groups is 1. The number of halogens is 3. The van der Waals surface area contributed by atoms with E-state index in [9.17, 15) is 4.79 Å². The molecule has 3 rings (SSSR count). The van der Waals surface area contributed by atoms with E-state index in [-0.39, 0.29) is 17.5 Å².